The summed E-state index contributed by atoms with van der Waals surface area (Å²) in [6, 6.07) is 4.06. The molecular formula is C12H19NO2S. The summed E-state index contributed by atoms with van der Waals surface area (Å²) in [6.07, 6.45) is 4.36. The second-order valence-electron chi connectivity index (χ2n) is 4.56. The van der Waals surface area contributed by atoms with Gasteiger partial charge < -0.3 is 14.8 Å². The van der Waals surface area contributed by atoms with Crippen LogP contribution in [0.5, 0.6) is 0 Å². The molecule has 16 heavy (non-hydrogen) atoms. The van der Waals surface area contributed by atoms with Crippen molar-refractivity contribution < 1.29 is 9.52 Å². The van der Waals surface area contributed by atoms with Crippen LogP contribution in [0.4, 0.5) is 0 Å². The van der Waals surface area contributed by atoms with Gasteiger partial charge in [0.15, 0.2) is 0 Å². The van der Waals surface area contributed by atoms with Gasteiger partial charge in [-0.25, -0.2) is 0 Å². The number of hydrogen-bond acceptors (Lipinski definition) is 4. The molecule has 1 saturated carbocycles. The summed E-state index contributed by atoms with van der Waals surface area (Å²) >= 11 is 1.76. The van der Waals surface area contributed by atoms with E-state index in [1.807, 2.05) is 12.1 Å². The summed E-state index contributed by atoms with van der Waals surface area (Å²) in [7, 11) is 0. The Hall–Kier alpha value is -0.450. The fraction of sp³-hybridized carbons (Fsp3) is 0.667. The molecule has 2 N–H and O–H groups in total. The SMILES string of the molecule is CSCc1ccc(CNCC2(CO)CC2)o1. The molecule has 1 aromatic heterocycles. The van der Waals surface area contributed by atoms with Crippen molar-refractivity contribution in [3.05, 3.63) is 23.7 Å². The Morgan fingerprint density at radius 2 is 2.19 bits per heavy atom. The first-order valence-electron chi connectivity index (χ1n) is 5.66. The van der Waals surface area contributed by atoms with Gasteiger partial charge in [-0.05, 0) is 31.2 Å². The highest BCUT2D eigenvalue weighted by Gasteiger charge is 2.41. The predicted molar refractivity (Wildman–Crippen MR) is 66.4 cm³/mol. The molecule has 0 spiro atoms. The monoisotopic (exact) mass is 241 g/mol. The van der Waals surface area contributed by atoms with Crippen molar-refractivity contribution in [1.29, 1.82) is 0 Å². The minimum Gasteiger partial charge on any atom is -0.464 e. The lowest BCUT2D eigenvalue weighted by atomic mass is 10.1. The standard InChI is InChI=1S/C12H19NO2S/c1-16-7-11-3-2-10(15-11)6-13-8-12(9-14)4-5-12/h2-3,13-14H,4-9H2,1H3. The highest BCUT2D eigenvalue weighted by molar-refractivity contribution is 7.97. The van der Waals surface area contributed by atoms with Crippen molar-refractivity contribution in [3.8, 4) is 0 Å². The molecule has 0 radical (unpaired) electrons. The van der Waals surface area contributed by atoms with Crippen LogP contribution in [0.2, 0.25) is 0 Å². The predicted octanol–water partition coefficient (Wildman–Crippen LogP) is 2.00. The molecule has 1 heterocycles. The van der Waals surface area contributed by atoms with Crippen molar-refractivity contribution in [2.45, 2.75) is 25.1 Å². The van der Waals surface area contributed by atoms with E-state index < -0.39 is 0 Å². The van der Waals surface area contributed by atoms with Gasteiger partial charge in [-0.15, -0.1) is 0 Å². The van der Waals surface area contributed by atoms with Crippen molar-refractivity contribution in [2.24, 2.45) is 5.41 Å². The number of furan rings is 1. The average molecular weight is 241 g/mol. The number of rotatable bonds is 7. The van der Waals surface area contributed by atoms with Gasteiger partial charge >= 0.3 is 0 Å². The second-order valence-corrected chi connectivity index (χ2v) is 5.43. The van der Waals surface area contributed by atoms with Gasteiger partial charge in [0.2, 0.25) is 0 Å². The zero-order valence-electron chi connectivity index (χ0n) is 9.66. The first-order chi connectivity index (χ1) is 7.78. The van der Waals surface area contributed by atoms with Crippen LogP contribution in [0.15, 0.2) is 16.5 Å². The van der Waals surface area contributed by atoms with Gasteiger partial charge in [0.25, 0.3) is 0 Å². The van der Waals surface area contributed by atoms with E-state index >= 15 is 0 Å². The molecule has 0 atom stereocenters. The van der Waals surface area contributed by atoms with Gasteiger partial charge in [0.05, 0.1) is 12.3 Å². The van der Waals surface area contributed by atoms with E-state index in [-0.39, 0.29) is 5.41 Å². The molecule has 1 aliphatic carbocycles. The molecule has 1 fully saturated rings. The summed E-state index contributed by atoms with van der Waals surface area (Å²) < 4.78 is 5.65. The molecule has 90 valence electrons. The molecular weight excluding hydrogens is 222 g/mol. The quantitative estimate of drug-likeness (QED) is 0.766. The zero-order chi connectivity index (χ0) is 11.4. The molecule has 2 rings (SSSR count). The topological polar surface area (TPSA) is 45.4 Å². The Bertz CT molecular complexity index is 334. The molecule has 0 saturated heterocycles. The van der Waals surface area contributed by atoms with E-state index in [1.54, 1.807) is 11.8 Å². The van der Waals surface area contributed by atoms with Crippen LogP contribution in [-0.4, -0.2) is 24.5 Å². The highest BCUT2D eigenvalue weighted by Crippen LogP contribution is 2.44. The van der Waals surface area contributed by atoms with Crippen LogP contribution in [0.25, 0.3) is 0 Å². The van der Waals surface area contributed by atoms with Gasteiger partial charge in [0, 0.05) is 18.6 Å². The van der Waals surface area contributed by atoms with Crippen molar-refractivity contribution >= 4 is 11.8 Å². The first-order valence-corrected chi connectivity index (χ1v) is 7.05. The van der Waals surface area contributed by atoms with E-state index in [4.69, 9.17) is 9.52 Å². The van der Waals surface area contributed by atoms with E-state index in [2.05, 4.69) is 11.6 Å². The molecule has 0 amide bonds. The van der Waals surface area contributed by atoms with Crippen molar-refractivity contribution in [2.75, 3.05) is 19.4 Å². The van der Waals surface area contributed by atoms with Crippen LogP contribution in [0.3, 0.4) is 0 Å². The zero-order valence-corrected chi connectivity index (χ0v) is 10.5. The average Bonchev–Trinajstić information content (AvgIpc) is 2.94. The first kappa shape index (κ1) is 12.0. The summed E-state index contributed by atoms with van der Waals surface area (Å²) in [6.45, 7) is 1.95. The maximum Gasteiger partial charge on any atom is 0.118 e. The smallest absolute Gasteiger partial charge is 0.118 e. The van der Waals surface area contributed by atoms with E-state index in [9.17, 15) is 0 Å². The Kier molecular flexibility index (Phi) is 3.95. The molecule has 0 aromatic carbocycles. The number of hydrogen-bond donors (Lipinski definition) is 2. The minimum atomic E-state index is 0.175. The third kappa shape index (κ3) is 3.03. The summed E-state index contributed by atoms with van der Waals surface area (Å²) in [5.74, 6) is 2.95. The van der Waals surface area contributed by atoms with Crippen LogP contribution >= 0.6 is 11.8 Å². The maximum atomic E-state index is 9.16. The lowest BCUT2D eigenvalue weighted by molar-refractivity contribution is 0.206. The van der Waals surface area contributed by atoms with Gasteiger partial charge in [-0.1, -0.05) is 0 Å². The van der Waals surface area contributed by atoms with Gasteiger partial charge in [0.1, 0.15) is 11.5 Å². The number of thioether (sulfide) groups is 1. The summed E-state index contributed by atoms with van der Waals surface area (Å²) in [4.78, 5) is 0. The lowest BCUT2D eigenvalue weighted by Gasteiger charge is -2.11. The third-order valence-corrected chi connectivity index (χ3v) is 3.67. The molecule has 0 unspecified atom stereocenters. The summed E-state index contributed by atoms with van der Waals surface area (Å²) in [5, 5.41) is 12.5. The van der Waals surface area contributed by atoms with E-state index in [0.29, 0.717) is 6.61 Å². The van der Waals surface area contributed by atoms with Crippen LogP contribution in [0, 0.1) is 5.41 Å². The maximum absolute atomic E-state index is 9.16. The largest absolute Gasteiger partial charge is 0.464 e. The molecule has 3 nitrogen and oxygen atoms in total. The molecule has 0 bridgehead atoms. The molecule has 1 aliphatic rings. The number of aliphatic hydroxyl groups is 1. The third-order valence-electron chi connectivity index (χ3n) is 3.10. The van der Waals surface area contributed by atoms with Crippen molar-refractivity contribution in [1.82, 2.24) is 5.32 Å². The van der Waals surface area contributed by atoms with Crippen molar-refractivity contribution in [3.63, 3.8) is 0 Å². The number of nitrogens with one attached hydrogen (secondary N) is 1. The Labute approximate surface area is 101 Å². The Morgan fingerprint density at radius 1 is 1.44 bits per heavy atom. The van der Waals surface area contributed by atoms with Crippen LogP contribution in [-0.2, 0) is 12.3 Å². The Morgan fingerprint density at radius 3 is 2.81 bits per heavy atom. The molecule has 0 aliphatic heterocycles. The second kappa shape index (κ2) is 5.25. The van der Waals surface area contributed by atoms with E-state index in [0.717, 1.165) is 43.2 Å². The van der Waals surface area contributed by atoms with Crippen LogP contribution < -0.4 is 5.32 Å². The molecule has 4 heteroatoms. The minimum absolute atomic E-state index is 0.175. The molecule has 1 aromatic rings. The normalized spacial score (nSPS) is 17.6. The highest BCUT2D eigenvalue weighted by atomic mass is 32.2. The van der Waals surface area contributed by atoms with Gasteiger partial charge in [-0.3, -0.25) is 0 Å². The van der Waals surface area contributed by atoms with Crippen LogP contribution in [0.1, 0.15) is 24.4 Å². The van der Waals surface area contributed by atoms with E-state index in [1.165, 1.54) is 0 Å². The summed E-state index contributed by atoms with van der Waals surface area (Å²) in [5.41, 5.74) is 0.175. The number of aliphatic hydroxyl groups excluding tert-OH is 1. The van der Waals surface area contributed by atoms with Gasteiger partial charge in [-0.2, -0.15) is 11.8 Å². The fourth-order valence-electron chi connectivity index (χ4n) is 1.76. The fourth-order valence-corrected chi connectivity index (χ4v) is 2.20. The lowest BCUT2D eigenvalue weighted by Crippen LogP contribution is -2.25. The Balaban J connectivity index is 1.72.